The minimum absolute atomic E-state index is 0. The quantitative estimate of drug-likeness (QED) is 0.397. The largest absolute Gasteiger partial charge is 0.412 e. The van der Waals surface area contributed by atoms with Gasteiger partial charge in [0.05, 0.1) is 5.69 Å². The molecular weight excluding hydrogens is 467 g/mol. The SMILES string of the molecule is CCCc1cc(NCCC2CCN(Cc3ccccc3)CC2)nnc1-c1ccccc1.Cl.Cl.O. The van der Waals surface area contributed by atoms with Gasteiger partial charge in [0.25, 0.3) is 0 Å². The maximum atomic E-state index is 4.56. The highest BCUT2D eigenvalue weighted by atomic mass is 35.5. The summed E-state index contributed by atoms with van der Waals surface area (Å²) in [6.45, 7) is 6.66. The molecule has 0 saturated carbocycles. The number of benzene rings is 2. The van der Waals surface area contributed by atoms with Gasteiger partial charge in [-0.2, -0.15) is 0 Å². The van der Waals surface area contributed by atoms with E-state index in [2.05, 4.69) is 88.0 Å². The van der Waals surface area contributed by atoms with Gasteiger partial charge in [-0.05, 0) is 61.9 Å². The summed E-state index contributed by atoms with van der Waals surface area (Å²) in [5.41, 5.74) is 4.86. The van der Waals surface area contributed by atoms with Crippen molar-refractivity contribution in [2.24, 2.45) is 5.92 Å². The van der Waals surface area contributed by atoms with Crippen molar-refractivity contribution >= 4 is 30.6 Å². The molecule has 4 rings (SSSR count). The number of nitrogens with one attached hydrogen (secondary N) is 1. The van der Waals surface area contributed by atoms with Gasteiger partial charge in [0.1, 0.15) is 5.82 Å². The van der Waals surface area contributed by atoms with Crippen molar-refractivity contribution in [3.05, 3.63) is 77.9 Å². The Hall–Kier alpha value is -2.18. The Morgan fingerprint density at radius 1 is 0.912 bits per heavy atom. The Kier molecular flexibility index (Phi) is 13.8. The van der Waals surface area contributed by atoms with Crippen LogP contribution in [0.2, 0.25) is 0 Å². The third-order valence-electron chi connectivity index (χ3n) is 6.25. The van der Waals surface area contributed by atoms with E-state index in [4.69, 9.17) is 0 Å². The van der Waals surface area contributed by atoms with Crippen molar-refractivity contribution in [2.75, 3.05) is 25.0 Å². The number of rotatable bonds is 9. The number of hydrogen-bond donors (Lipinski definition) is 1. The first-order valence-corrected chi connectivity index (χ1v) is 11.7. The standard InChI is InChI=1S/C27H34N4.2ClH.H2O/c1-2-9-25-20-26(29-30-27(25)24-12-7-4-8-13-24)28-17-14-22-15-18-31(19-16-22)21-23-10-5-3-6-11-23;;;/h3-8,10-13,20,22H,2,9,14-19,21H2,1H3,(H,28,29);2*1H;1H2. The Morgan fingerprint density at radius 2 is 1.56 bits per heavy atom. The van der Waals surface area contributed by atoms with Gasteiger partial charge in [0.2, 0.25) is 0 Å². The molecule has 3 aromatic rings. The lowest BCUT2D eigenvalue weighted by atomic mass is 9.93. The lowest BCUT2D eigenvalue weighted by Crippen LogP contribution is -2.33. The van der Waals surface area contributed by atoms with Crippen molar-refractivity contribution in [1.29, 1.82) is 0 Å². The molecule has 3 N–H and O–H groups in total. The molecule has 5 nitrogen and oxygen atoms in total. The van der Waals surface area contributed by atoms with Crippen molar-refractivity contribution in [2.45, 2.75) is 45.6 Å². The average molecular weight is 506 g/mol. The molecule has 1 aliphatic heterocycles. The van der Waals surface area contributed by atoms with E-state index < -0.39 is 0 Å². The number of anilines is 1. The second-order valence-electron chi connectivity index (χ2n) is 8.64. The molecule has 186 valence electrons. The first-order chi connectivity index (χ1) is 15.3. The molecule has 0 amide bonds. The Morgan fingerprint density at radius 3 is 2.21 bits per heavy atom. The van der Waals surface area contributed by atoms with Crippen LogP contribution in [0.4, 0.5) is 5.82 Å². The highest BCUT2D eigenvalue weighted by Crippen LogP contribution is 2.25. The van der Waals surface area contributed by atoms with Crippen LogP contribution in [-0.2, 0) is 13.0 Å². The molecule has 1 aromatic heterocycles. The van der Waals surface area contributed by atoms with Gasteiger partial charge < -0.3 is 10.8 Å². The number of halogens is 2. The van der Waals surface area contributed by atoms with Crippen LogP contribution in [-0.4, -0.2) is 40.2 Å². The van der Waals surface area contributed by atoms with Crippen molar-refractivity contribution < 1.29 is 5.48 Å². The first kappa shape index (κ1) is 29.9. The Labute approximate surface area is 216 Å². The molecule has 7 heteroatoms. The summed E-state index contributed by atoms with van der Waals surface area (Å²) in [5.74, 6) is 1.70. The number of aryl methyl sites for hydroxylation is 1. The third-order valence-corrected chi connectivity index (χ3v) is 6.25. The van der Waals surface area contributed by atoms with E-state index in [1.165, 1.54) is 43.5 Å². The number of aromatic nitrogens is 2. The number of piperidine rings is 1. The zero-order chi connectivity index (χ0) is 21.3. The van der Waals surface area contributed by atoms with Crippen LogP contribution in [0.3, 0.4) is 0 Å². The van der Waals surface area contributed by atoms with Crippen LogP contribution in [0.5, 0.6) is 0 Å². The van der Waals surface area contributed by atoms with Crippen LogP contribution in [0.25, 0.3) is 11.3 Å². The van der Waals surface area contributed by atoms with E-state index in [9.17, 15) is 0 Å². The molecule has 0 radical (unpaired) electrons. The molecule has 0 aliphatic carbocycles. The summed E-state index contributed by atoms with van der Waals surface area (Å²) in [5, 5.41) is 12.6. The minimum Gasteiger partial charge on any atom is -0.412 e. The second-order valence-corrected chi connectivity index (χ2v) is 8.64. The summed E-state index contributed by atoms with van der Waals surface area (Å²) in [7, 11) is 0. The van der Waals surface area contributed by atoms with E-state index >= 15 is 0 Å². The predicted octanol–water partition coefficient (Wildman–Crippen LogP) is 5.83. The minimum atomic E-state index is 0. The van der Waals surface area contributed by atoms with Gasteiger partial charge in [0, 0.05) is 18.7 Å². The van der Waals surface area contributed by atoms with Crippen LogP contribution in [0, 0.1) is 5.92 Å². The Bertz CT molecular complexity index is 936. The summed E-state index contributed by atoms with van der Waals surface area (Å²) < 4.78 is 0. The van der Waals surface area contributed by atoms with Crippen LogP contribution < -0.4 is 5.32 Å². The van der Waals surface area contributed by atoms with E-state index in [1.807, 2.05) is 6.07 Å². The monoisotopic (exact) mass is 504 g/mol. The first-order valence-electron chi connectivity index (χ1n) is 11.7. The van der Waals surface area contributed by atoms with Crippen molar-refractivity contribution in [1.82, 2.24) is 15.1 Å². The molecule has 0 spiro atoms. The number of nitrogens with zero attached hydrogens (tertiary/aromatic N) is 3. The summed E-state index contributed by atoms with van der Waals surface area (Å²) in [4.78, 5) is 2.59. The topological polar surface area (TPSA) is 72.5 Å². The molecule has 2 aromatic carbocycles. The molecule has 1 aliphatic rings. The highest BCUT2D eigenvalue weighted by Gasteiger charge is 2.19. The van der Waals surface area contributed by atoms with Crippen LogP contribution in [0.1, 0.15) is 43.7 Å². The van der Waals surface area contributed by atoms with E-state index in [0.29, 0.717) is 0 Å². The molecule has 0 unspecified atom stereocenters. The lowest BCUT2D eigenvalue weighted by molar-refractivity contribution is 0.174. The Balaban J connectivity index is 0.00000193. The number of likely N-dealkylation sites (tertiary alicyclic amines) is 1. The lowest BCUT2D eigenvalue weighted by Gasteiger charge is -2.32. The molecule has 0 atom stereocenters. The van der Waals surface area contributed by atoms with E-state index in [1.54, 1.807) is 0 Å². The van der Waals surface area contributed by atoms with Gasteiger partial charge in [-0.3, -0.25) is 4.90 Å². The summed E-state index contributed by atoms with van der Waals surface area (Å²) >= 11 is 0. The van der Waals surface area contributed by atoms with E-state index in [-0.39, 0.29) is 30.3 Å². The normalized spacial score (nSPS) is 13.8. The zero-order valence-corrected chi connectivity index (χ0v) is 21.6. The highest BCUT2D eigenvalue weighted by molar-refractivity contribution is 5.85. The fourth-order valence-electron chi connectivity index (χ4n) is 4.50. The molecular formula is C27H38Cl2N4O. The van der Waals surface area contributed by atoms with Gasteiger partial charge >= 0.3 is 0 Å². The summed E-state index contributed by atoms with van der Waals surface area (Å²) in [6.07, 6.45) is 5.90. The average Bonchev–Trinajstić information content (AvgIpc) is 2.82. The number of hydrogen-bond acceptors (Lipinski definition) is 4. The van der Waals surface area contributed by atoms with Gasteiger partial charge in [-0.25, -0.2) is 0 Å². The predicted molar refractivity (Wildman–Crippen MR) is 147 cm³/mol. The van der Waals surface area contributed by atoms with Crippen LogP contribution in [0.15, 0.2) is 66.7 Å². The van der Waals surface area contributed by atoms with Crippen molar-refractivity contribution in [3.63, 3.8) is 0 Å². The summed E-state index contributed by atoms with van der Waals surface area (Å²) in [6, 6.07) is 23.4. The van der Waals surface area contributed by atoms with Gasteiger partial charge in [-0.15, -0.1) is 35.0 Å². The van der Waals surface area contributed by atoms with Crippen LogP contribution >= 0.6 is 24.8 Å². The fourth-order valence-corrected chi connectivity index (χ4v) is 4.50. The molecule has 2 heterocycles. The smallest absolute Gasteiger partial charge is 0.148 e. The molecule has 0 bridgehead atoms. The fraction of sp³-hybridized carbons (Fsp3) is 0.407. The maximum absolute atomic E-state index is 4.56. The van der Waals surface area contributed by atoms with Gasteiger partial charge in [0.15, 0.2) is 0 Å². The van der Waals surface area contributed by atoms with Crippen molar-refractivity contribution in [3.8, 4) is 11.3 Å². The molecule has 34 heavy (non-hydrogen) atoms. The van der Waals surface area contributed by atoms with E-state index in [0.717, 1.165) is 48.9 Å². The maximum Gasteiger partial charge on any atom is 0.148 e. The second kappa shape index (κ2) is 15.7. The molecule has 1 fully saturated rings. The molecule has 1 saturated heterocycles. The third kappa shape index (κ3) is 8.55. The van der Waals surface area contributed by atoms with Gasteiger partial charge in [-0.1, -0.05) is 74.0 Å². The zero-order valence-electron chi connectivity index (χ0n) is 20.0.